The van der Waals surface area contributed by atoms with E-state index in [2.05, 4.69) is 112 Å². The molecular weight excluding hydrogens is 421 g/mol. The molecule has 0 saturated heterocycles. The molecule has 33 heavy (non-hydrogen) atoms. The van der Waals surface area contributed by atoms with Gasteiger partial charge in [0.1, 0.15) is 5.75 Å². The number of phenolic OH excluding ortho intramolecular Hbond substituents is 1. The molecule has 2 nitrogen and oxygen atoms in total. The van der Waals surface area contributed by atoms with Gasteiger partial charge < -0.3 is 10.0 Å². The topological polar surface area (TPSA) is 23.5 Å². The van der Waals surface area contributed by atoms with Gasteiger partial charge in [0, 0.05) is 17.3 Å². The number of aromatic hydroxyl groups is 1. The third-order valence-electron chi connectivity index (χ3n) is 6.87. The normalized spacial score (nSPS) is 14.9. The lowest BCUT2D eigenvalue weighted by atomic mass is 9.77. The van der Waals surface area contributed by atoms with Gasteiger partial charge in [-0.25, -0.2) is 0 Å². The molecular formula is C30H48NOP. The molecule has 2 aromatic rings. The van der Waals surface area contributed by atoms with Crippen molar-refractivity contribution < 1.29 is 5.11 Å². The van der Waals surface area contributed by atoms with Crippen LogP contribution in [0.5, 0.6) is 5.75 Å². The van der Waals surface area contributed by atoms with Crippen LogP contribution >= 0.6 is 8.58 Å². The number of hydrogen-bond acceptors (Lipinski definition) is 2. The lowest BCUT2D eigenvalue weighted by molar-refractivity contribution is 0.346. The minimum atomic E-state index is -0.119. The van der Waals surface area contributed by atoms with E-state index in [0.717, 1.165) is 37.1 Å². The molecule has 0 aromatic heterocycles. The summed E-state index contributed by atoms with van der Waals surface area (Å²) in [5.74, 6) is 0.500. The molecule has 0 spiro atoms. The first kappa shape index (κ1) is 27.9. The van der Waals surface area contributed by atoms with Gasteiger partial charge in [0.2, 0.25) is 0 Å². The molecule has 0 amide bonds. The van der Waals surface area contributed by atoms with Crippen LogP contribution in [0.25, 0.3) is 0 Å². The average Bonchev–Trinajstić information content (AvgIpc) is 2.69. The first-order valence-corrected chi connectivity index (χ1v) is 13.6. The smallest absolute Gasteiger partial charge is 0.123 e. The second kappa shape index (κ2) is 10.5. The van der Waals surface area contributed by atoms with E-state index in [1.807, 2.05) is 0 Å². The van der Waals surface area contributed by atoms with Gasteiger partial charge in [0.15, 0.2) is 0 Å². The van der Waals surface area contributed by atoms with Crippen LogP contribution < -0.4 is 5.30 Å². The Morgan fingerprint density at radius 3 is 2.03 bits per heavy atom. The van der Waals surface area contributed by atoms with E-state index in [0.29, 0.717) is 14.3 Å². The van der Waals surface area contributed by atoms with Crippen LogP contribution in [0.4, 0.5) is 0 Å². The summed E-state index contributed by atoms with van der Waals surface area (Å²) in [6.45, 7) is 24.5. The number of hydrogen-bond donors (Lipinski definition) is 1. The monoisotopic (exact) mass is 469 g/mol. The Hall–Kier alpha value is -1.37. The fourth-order valence-corrected chi connectivity index (χ4v) is 6.40. The van der Waals surface area contributed by atoms with Gasteiger partial charge in [-0.1, -0.05) is 108 Å². The molecule has 0 saturated carbocycles. The maximum atomic E-state index is 11.7. The largest absolute Gasteiger partial charge is 0.507 e. The van der Waals surface area contributed by atoms with E-state index in [1.165, 1.54) is 22.0 Å². The first-order valence-electron chi connectivity index (χ1n) is 12.6. The molecule has 3 heteroatoms. The van der Waals surface area contributed by atoms with Crippen LogP contribution in [0.15, 0.2) is 30.3 Å². The highest BCUT2D eigenvalue weighted by Crippen LogP contribution is 2.51. The van der Waals surface area contributed by atoms with Gasteiger partial charge in [-0.05, 0) is 65.3 Å². The number of rotatable bonds is 8. The maximum Gasteiger partial charge on any atom is 0.123 e. The summed E-state index contributed by atoms with van der Waals surface area (Å²) in [7, 11) is 2.79. The molecule has 2 atom stereocenters. The van der Waals surface area contributed by atoms with Gasteiger partial charge in [-0.2, -0.15) is 0 Å². The predicted octanol–water partition coefficient (Wildman–Crippen LogP) is 7.77. The minimum absolute atomic E-state index is 0.0242. The van der Waals surface area contributed by atoms with Crippen LogP contribution in [-0.2, 0) is 22.5 Å². The second-order valence-corrected chi connectivity index (χ2v) is 13.9. The van der Waals surface area contributed by atoms with Crippen molar-refractivity contribution in [2.75, 3.05) is 13.6 Å². The molecule has 2 aromatic carbocycles. The summed E-state index contributed by atoms with van der Waals surface area (Å²) >= 11 is 0. The van der Waals surface area contributed by atoms with Crippen molar-refractivity contribution in [1.29, 1.82) is 0 Å². The van der Waals surface area contributed by atoms with Crippen molar-refractivity contribution in [2.24, 2.45) is 0 Å². The Bertz CT molecular complexity index is 951. The van der Waals surface area contributed by atoms with Gasteiger partial charge in [-0.15, -0.1) is 0 Å². The van der Waals surface area contributed by atoms with Crippen LogP contribution in [0.2, 0.25) is 0 Å². The van der Waals surface area contributed by atoms with Gasteiger partial charge >= 0.3 is 0 Å². The zero-order valence-electron chi connectivity index (χ0n) is 23.1. The van der Waals surface area contributed by atoms with Crippen molar-refractivity contribution >= 4 is 13.9 Å². The van der Waals surface area contributed by atoms with E-state index in [-0.39, 0.29) is 16.0 Å². The van der Waals surface area contributed by atoms with Crippen molar-refractivity contribution in [2.45, 2.75) is 105 Å². The Balaban J connectivity index is 2.75. The number of phenols is 1. The third-order valence-corrected chi connectivity index (χ3v) is 8.91. The first-order chi connectivity index (χ1) is 15.1. The van der Waals surface area contributed by atoms with Crippen molar-refractivity contribution in [3.05, 3.63) is 58.1 Å². The molecule has 0 aliphatic carbocycles. The predicted molar refractivity (Wildman–Crippen MR) is 149 cm³/mol. The van der Waals surface area contributed by atoms with E-state index >= 15 is 0 Å². The van der Waals surface area contributed by atoms with Gasteiger partial charge in [-0.3, -0.25) is 0 Å². The fraction of sp³-hybridized carbons (Fsp3) is 0.600. The Morgan fingerprint density at radius 1 is 0.909 bits per heavy atom. The molecule has 0 aliphatic heterocycles. The Kier molecular flexibility index (Phi) is 8.86. The number of benzene rings is 2. The van der Waals surface area contributed by atoms with Crippen molar-refractivity contribution in [3.63, 3.8) is 0 Å². The molecule has 0 bridgehead atoms. The molecule has 0 fully saturated rings. The van der Waals surface area contributed by atoms with Crippen LogP contribution in [0, 0.1) is 6.92 Å². The third kappa shape index (κ3) is 6.61. The molecule has 184 valence electrons. The summed E-state index contributed by atoms with van der Waals surface area (Å²) in [6.07, 6.45) is 2.14. The summed E-state index contributed by atoms with van der Waals surface area (Å²) in [5.41, 5.74) is 6.18. The van der Waals surface area contributed by atoms with E-state index in [9.17, 15) is 5.11 Å². The molecule has 0 heterocycles. The van der Waals surface area contributed by atoms with Gasteiger partial charge in [0.05, 0.1) is 0 Å². The summed E-state index contributed by atoms with van der Waals surface area (Å²) in [4.78, 5) is 2.37. The lowest BCUT2D eigenvalue weighted by Crippen LogP contribution is -2.27. The van der Waals surface area contributed by atoms with Crippen LogP contribution in [0.1, 0.15) is 103 Å². The van der Waals surface area contributed by atoms with Gasteiger partial charge in [0.25, 0.3) is 0 Å². The SMILES string of the molecule is CCCC(C)(Pc1c(C)cccc1CN(C)CC)c1cc(C(C)(C)C)cc(C(C)(C)C)c1O. The van der Waals surface area contributed by atoms with Crippen molar-refractivity contribution in [1.82, 2.24) is 4.90 Å². The quantitative estimate of drug-likeness (QED) is 0.399. The molecule has 2 rings (SSSR count). The van der Waals surface area contributed by atoms with E-state index in [1.54, 1.807) is 0 Å². The fourth-order valence-electron chi connectivity index (χ4n) is 4.54. The van der Waals surface area contributed by atoms with E-state index in [4.69, 9.17) is 0 Å². The molecule has 0 aliphatic rings. The Labute approximate surface area is 206 Å². The minimum Gasteiger partial charge on any atom is -0.507 e. The summed E-state index contributed by atoms with van der Waals surface area (Å²) in [5, 5.41) is 13.0. The average molecular weight is 470 g/mol. The molecule has 0 radical (unpaired) electrons. The highest BCUT2D eigenvalue weighted by atomic mass is 31.1. The van der Waals surface area contributed by atoms with Crippen LogP contribution in [0.3, 0.4) is 0 Å². The maximum absolute atomic E-state index is 11.7. The second-order valence-electron chi connectivity index (χ2n) is 12.1. The van der Waals surface area contributed by atoms with E-state index < -0.39 is 0 Å². The zero-order valence-corrected chi connectivity index (χ0v) is 24.1. The number of aryl methyl sites for hydroxylation is 1. The zero-order chi connectivity index (χ0) is 25.2. The Morgan fingerprint density at radius 2 is 1.52 bits per heavy atom. The molecule has 2 unspecified atom stereocenters. The highest BCUT2D eigenvalue weighted by Gasteiger charge is 2.35. The standard InChI is InChI=1S/C30H48NOP/c1-12-17-30(10,33-27-21(3)15-14-16-22(27)20-31(11)13-2)25-19-23(28(4,5)6)18-24(26(25)32)29(7,8)9/h14-16,18-19,32-33H,12-13,17,20H2,1-11H3. The highest BCUT2D eigenvalue weighted by molar-refractivity contribution is 7.48. The summed E-state index contributed by atoms with van der Waals surface area (Å²) < 4.78 is 0. The van der Waals surface area contributed by atoms with Crippen LogP contribution in [-0.4, -0.2) is 23.6 Å². The van der Waals surface area contributed by atoms with Crippen molar-refractivity contribution in [3.8, 4) is 5.75 Å². The number of nitrogens with zero attached hydrogens (tertiary/aromatic N) is 1. The lowest BCUT2D eigenvalue weighted by Gasteiger charge is -2.36. The molecule has 1 N–H and O–H groups in total. The summed E-state index contributed by atoms with van der Waals surface area (Å²) in [6, 6.07) is 11.3.